The minimum Gasteiger partial charge on any atom is -0.339 e. The second kappa shape index (κ2) is 8.06. The molecular formula is C16H18Cl2N2OS. The van der Waals surface area contributed by atoms with Crippen LogP contribution in [0, 0.1) is 0 Å². The summed E-state index contributed by atoms with van der Waals surface area (Å²) >= 11 is 7.88. The normalized spacial score (nSPS) is 14.7. The van der Waals surface area contributed by atoms with Gasteiger partial charge in [-0.15, -0.1) is 24.2 Å². The molecule has 0 spiro atoms. The molecule has 0 bridgehead atoms. The Bertz CT molecular complexity index is 654. The summed E-state index contributed by atoms with van der Waals surface area (Å²) in [6, 6.07) is 12.0. The van der Waals surface area contributed by atoms with E-state index in [0.717, 1.165) is 46.9 Å². The zero-order valence-corrected chi connectivity index (χ0v) is 14.4. The van der Waals surface area contributed by atoms with Gasteiger partial charge in [0.15, 0.2) is 0 Å². The van der Waals surface area contributed by atoms with Crippen molar-refractivity contribution in [2.24, 2.45) is 0 Å². The Kier molecular flexibility index (Phi) is 6.38. The van der Waals surface area contributed by atoms with Crippen LogP contribution in [0.2, 0.25) is 5.02 Å². The van der Waals surface area contributed by atoms with E-state index in [2.05, 4.69) is 5.32 Å². The van der Waals surface area contributed by atoms with Crippen LogP contribution in [0.25, 0.3) is 10.8 Å². The molecule has 6 heteroatoms. The zero-order valence-electron chi connectivity index (χ0n) is 12.0. The average Bonchev–Trinajstić information content (AvgIpc) is 2.53. The number of nitrogens with one attached hydrogen (secondary N) is 1. The molecule has 1 fully saturated rings. The molecule has 0 radical (unpaired) electrons. The Balaban J connectivity index is 0.00000176. The van der Waals surface area contributed by atoms with E-state index >= 15 is 0 Å². The number of rotatable bonds is 3. The number of amides is 1. The smallest absolute Gasteiger partial charge is 0.233 e. The Morgan fingerprint density at radius 1 is 1.18 bits per heavy atom. The first-order valence-electron chi connectivity index (χ1n) is 7.04. The molecule has 3 nitrogen and oxygen atoms in total. The summed E-state index contributed by atoms with van der Waals surface area (Å²) in [4.78, 5) is 15.2. The Labute approximate surface area is 145 Å². The lowest BCUT2D eigenvalue weighted by molar-refractivity contribution is -0.128. The van der Waals surface area contributed by atoms with Crippen LogP contribution in [0.15, 0.2) is 41.3 Å². The highest BCUT2D eigenvalue weighted by molar-refractivity contribution is 8.00. The first-order valence-corrected chi connectivity index (χ1v) is 8.40. The number of carbonyl (C=O) groups is 1. The van der Waals surface area contributed by atoms with E-state index in [4.69, 9.17) is 11.6 Å². The van der Waals surface area contributed by atoms with Crippen LogP contribution in [0.5, 0.6) is 0 Å². The molecule has 1 saturated heterocycles. The molecule has 0 saturated carbocycles. The first-order chi connectivity index (χ1) is 10.3. The van der Waals surface area contributed by atoms with Gasteiger partial charge < -0.3 is 10.2 Å². The van der Waals surface area contributed by atoms with Crippen LogP contribution in [0.3, 0.4) is 0 Å². The van der Waals surface area contributed by atoms with E-state index in [-0.39, 0.29) is 18.3 Å². The van der Waals surface area contributed by atoms with Gasteiger partial charge in [-0.1, -0.05) is 35.9 Å². The molecule has 1 heterocycles. The predicted molar refractivity (Wildman–Crippen MR) is 96.4 cm³/mol. The van der Waals surface area contributed by atoms with Crippen molar-refractivity contribution < 1.29 is 4.79 Å². The van der Waals surface area contributed by atoms with E-state index in [1.807, 2.05) is 41.3 Å². The van der Waals surface area contributed by atoms with Crippen molar-refractivity contribution in [3.8, 4) is 0 Å². The van der Waals surface area contributed by atoms with Crippen LogP contribution in [0.1, 0.15) is 0 Å². The molecule has 22 heavy (non-hydrogen) atoms. The van der Waals surface area contributed by atoms with Crippen LogP contribution < -0.4 is 5.32 Å². The SMILES string of the molecule is Cl.O=C(CSc1cccc2cccc(Cl)c12)N1CCNCC1. The largest absolute Gasteiger partial charge is 0.339 e. The van der Waals surface area contributed by atoms with Gasteiger partial charge in [-0.25, -0.2) is 0 Å². The topological polar surface area (TPSA) is 32.3 Å². The zero-order chi connectivity index (χ0) is 14.7. The van der Waals surface area contributed by atoms with Gasteiger partial charge in [-0.05, 0) is 17.5 Å². The lowest BCUT2D eigenvalue weighted by atomic mass is 10.1. The van der Waals surface area contributed by atoms with Crippen LogP contribution in [-0.4, -0.2) is 42.7 Å². The first kappa shape index (κ1) is 17.4. The van der Waals surface area contributed by atoms with E-state index in [9.17, 15) is 4.79 Å². The summed E-state index contributed by atoms with van der Waals surface area (Å²) in [6.45, 7) is 3.37. The van der Waals surface area contributed by atoms with Gasteiger partial charge in [-0.3, -0.25) is 4.79 Å². The summed E-state index contributed by atoms with van der Waals surface area (Å²) in [5.74, 6) is 0.662. The van der Waals surface area contributed by atoms with Crippen molar-refractivity contribution in [2.75, 3.05) is 31.9 Å². The molecule has 1 N–H and O–H groups in total. The van der Waals surface area contributed by atoms with Gasteiger partial charge in [0.05, 0.1) is 5.75 Å². The summed E-state index contributed by atoms with van der Waals surface area (Å²) in [5.41, 5.74) is 0. The fraction of sp³-hybridized carbons (Fsp3) is 0.312. The highest BCUT2D eigenvalue weighted by Crippen LogP contribution is 2.33. The molecule has 0 aromatic heterocycles. The number of thioether (sulfide) groups is 1. The number of piperazine rings is 1. The van der Waals surface area contributed by atoms with Gasteiger partial charge >= 0.3 is 0 Å². The molecular weight excluding hydrogens is 339 g/mol. The molecule has 0 unspecified atom stereocenters. The molecule has 118 valence electrons. The van der Waals surface area contributed by atoms with Crippen molar-refractivity contribution in [3.63, 3.8) is 0 Å². The highest BCUT2D eigenvalue weighted by Gasteiger charge is 2.16. The predicted octanol–water partition coefficient (Wildman–Crippen LogP) is 3.44. The molecule has 2 aromatic rings. The minimum absolute atomic E-state index is 0. The van der Waals surface area contributed by atoms with Gasteiger partial charge in [0.2, 0.25) is 5.91 Å². The van der Waals surface area contributed by atoms with Crippen LogP contribution >= 0.6 is 35.8 Å². The summed E-state index contributed by atoms with van der Waals surface area (Å²) in [5, 5.41) is 6.15. The highest BCUT2D eigenvalue weighted by atomic mass is 35.5. The number of hydrogen-bond donors (Lipinski definition) is 1. The maximum Gasteiger partial charge on any atom is 0.233 e. The Morgan fingerprint density at radius 3 is 2.59 bits per heavy atom. The molecule has 1 amide bonds. The van der Waals surface area contributed by atoms with E-state index < -0.39 is 0 Å². The monoisotopic (exact) mass is 356 g/mol. The Hall–Kier alpha value is -0.940. The maximum absolute atomic E-state index is 12.2. The number of halogens is 2. The van der Waals surface area contributed by atoms with E-state index in [0.29, 0.717) is 5.75 Å². The minimum atomic E-state index is 0. The van der Waals surface area contributed by atoms with Crippen LogP contribution in [-0.2, 0) is 4.79 Å². The maximum atomic E-state index is 12.2. The van der Waals surface area contributed by atoms with Crippen molar-refractivity contribution >= 4 is 52.4 Å². The molecule has 3 rings (SSSR count). The quantitative estimate of drug-likeness (QED) is 0.855. The molecule has 0 aliphatic carbocycles. The molecule has 2 aromatic carbocycles. The Morgan fingerprint density at radius 2 is 1.86 bits per heavy atom. The second-order valence-electron chi connectivity index (χ2n) is 5.01. The lowest BCUT2D eigenvalue weighted by Gasteiger charge is -2.27. The van der Waals surface area contributed by atoms with Crippen LogP contribution in [0.4, 0.5) is 0 Å². The van der Waals surface area contributed by atoms with Crippen molar-refractivity contribution in [3.05, 3.63) is 41.4 Å². The van der Waals surface area contributed by atoms with Gasteiger partial charge in [0.1, 0.15) is 0 Å². The molecule has 0 atom stereocenters. The van der Waals surface area contributed by atoms with E-state index in [1.54, 1.807) is 11.8 Å². The van der Waals surface area contributed by atoms with Crippen molar-refractivity contribution in [2.45, 2.75) is 4.90 Å². The second-order valence-corrected chi connectivity index (χ2v) is 6.44. The fourth-order valence-corrected chi connectivity index (χ4v) is 3.88. The number of fused-ring (bicyclic) bond motifs is 1. The average molecular weight is 357 g/mol. The van der Waals surface area contributed by atoms with Gasteiger partial charge in [-0.2, -0.15) is 0 Å². The molecule has 1 aliphatic heterocycles. The fourth-order valence-electron chi connectivity index (χ4n) is 2.53. The van der Waals surface area contributed by atoms with Gasteiger partial charge in [0, 0.05) is 41.5 Å². The third-order valence-electron chi connectivity index (χ3n) is 3.64. The standard InChI is InChI=1S/C16H17ClN2OS.ClH/c17-13-5-1-3-12-4-2-6-14(16(12)13)21-11-15(20)19-9-7-18-8-10-19;/h1-6,18H,7-11H2;1H. The van der Waals surface area contributed by atoms with E-state index in [1.165, 1.54) is 0 Å². The molecule has 1 aliphatic rings. The summed E-state index contributed by atoms with van der Waals surface area (Å²) < 4.78 is 0. The summed E-state index contributed by atoms with van der Waals surface area (Å²) in [6.07, 6.45) is 0. The third kappa shape index (κ3) is 3.87. The number of hydrogen-bond acceptors (Lipinski definition) is 3. The summed E-state index contributed by atoms with van der Waals surface area (Å²) in [7, 11) is 0. The third-order valence-corrected chi connectivity index (χ3v) is 4.99. The van der Waals surface area contributed by atoms with Crippen molar-refractivity contribution in [1.29, 1.82) is 0 Å². The number of nitrogens with zero attached hydrogens (tertiary/aromatic N) is 1. The van der Waals surface area contributed by atoms with Crippen molar-refractivity contribution in [1.82, 2.24) is 10.2 Å². The number of carbonyl (C=O) groups excluding carboxylic acids is 1. The number of benzene rings is 2. The van der Waals surface area contributed by atoms with Gasteiger partial charge in [0.25, 0.3) is 0 Å². The lowest BCUT2D eigenvalue weighted by Crippen LogP contribution is -2.47.